The summed E-state index contributed by atoms with van der Waals surface area (Å²) in [7, 11) is 0. The van der Waals surface area contributed by atoms with E-state index in [2.05, 4.69) is 25.8 Å². The third-order valence-corrected chi connectivity index (χ3v) is 4.84. The van der Waals surface area contributed by atoms with E-state index in [1.807, 2.05) is 6.07 Å². The van der Waals surface area contributed by atoms with E-state index in [1.54, 1.807) is 6.20 Å². The lowest BCUT2D eigenvalue weighted by molar-refractivity contribution is -0.142. The summed E-state index contributed by atoms with van der Waals surface area (Å²) in [4.78, 5) is 35.8. The third-order valence-electron chi connectivity index (χ3n) is 4.40. The summed E-state index contributed by atoms with van der Waals surface area (Å²) >= 11 is 3.42. The second-order valence-electron chi connectivity index (χ2n) is 6.07. The molecular weight excluding hydrogens is 390 g/mol. The van der Waals surface area contributed by atoms with Crippen molar-refractivity contribution in [2.24, 2.45) is 0 Å². The Kier molecular flexibility index (Phi) is 4.30. The van der Waals surface area contributed by atoms with Crippen LogP contribution in [0.15, 0.2) is 28.9 Å². The number of carbonyl (C=O) groups is 2. The van der Waals surface area contributed by atoms with Crippen molar-refractivity contribution in [1.82, 2.24) is 14.6 Å². The van der Waals surface area contributed by atoms with Crippen LogP contribution in [0.2, 0.25) is 0 Å². The predicted octanol–water partition coefficient (Wildman–Crippen LogP) is 1.87. The van der Waals surface area contributed by atoms with E-state index >= 15 is 0 Å². The van der Waals surface area contributed by atoms with Crippen LogP contribution < -0.4 is 9.57 Å². The van der Waals surface area contributed by atoms with Gasteiger partial charge in [0.25, 0.3) is 0 Å². The second-order valence-corrected chi connectivity index (χ2v) is 6.98. The highest BCUT2D eigenvalue weighted by Gasteiger charge is 2.26. The second kappa shape index (κ2) is 6.61. The zero-order valence-corrected chi connectivity index (χ0v) is 15.0. The van der Waals surface area contributed by atoms with Gasteiger partial charge in [-0.25, -0.2) is 14.6 Å². The van der Waals surface area contributed by atoms with Gasteiger partial charge in [-0.1, -0.05) is 0 Å². The zero-order valence-electron chi connectivity index (χ0n) is 13.4. The maximum Gasteiger partial charge on any atom is 0.356 e. The molecule has 0 atom stereocenters. The molecule has 2 aliphatic rings. The minimum atomic E-state index is -0.648. The van der Waals surface area contributed by atoms with Crippen LogP contribution in [0.3, 0.4) is 0 Å². The Morgan fingerprint density at radius 3 is 2.72 bits per heavy atom. The van der Waals surface area contributed by atoms with Crippen LogP contribution in [0.1, 0.15) is 18.4 Å². The van der Waals surface area contributed by atoms with E-state index in [4.69, 9.17) is 9.57 Å². The van der Waals surface area contributed by atoms with Crippen molar-refractivity contribution in [3.63, 3.8) is 0 Å². The van der Waals surface area contributed by atoms with E-state index in [0.717, 1.165) is 47.2 Å². The Balaban J connectivity index is 1.80. The molecule has 0 N–H and O–H groups in total. The average molecular weight is 406 g/mol. The fraction of sp³-hybridized carbons (Fsp3) is 0.353. The highest BCUT2D eigenvalue weighted by Crippen LogP contribution is 2.33. The molecule has 0 amide bonds. The van der Waals surface area contributed by atoms with Gasteiger partial charge in [0, 0.05) is 40.3 Å². The normalized spacial score (nSPS) is 19.2. The van der Waals surface area contributed by atoms with E-state index in [0.29, 0.717) is 12.1 Å². The van der Waals surface area contributed by atoms with Gasteiger partial charge < -0.3 is 14.5 Å². The van der Waals surface area contributed by atoms with Crippen molar-refractivity contribution < 1.29 is 19.2 Å². The van der Waals surface area contributed by atoms with E-state index < -0.39 is 11.9 Å². The smallest absolute Gasteiger partial charge is 0.356 e. The lowest BCUT2D eigenvalue weighted by Gasteiger charge is -2.15. The summed E-state index contributed by atoms with van der Waals surface area (Å²) in [5, 5.41) is 0.797. The summed E-state index contributed by atoms with van der Waals surface area (Å²) in [5.41, 5.74) is 1.26. The number of nitrogens with zero attached hydrogens (tertiary/aromatic N) is 3. The Hall–Kier alpha value is -2.19. The molecule has 7 nitrogen and oxygen atoms in total. The summed E-state index contributed by atoms with van der Waals surface area (Å²) in [6.45, 7) is 3.00. The molecule has 1 saturated heterocycles. The molecule has 2 aromatic heterocycles. The number of pyridine rings is 1. The molecule has 130 valence electrons. The predicted molar refractivity (Wildman–Crippen MR) is 93.2 cm³/mol. The first-order valence-electron chi connectivity index (χ1n) is 8.15. The van der Waals surface area contributed by atoms with Crippen LogP contribution in [0, 0.1) is 0 Å². The Morgan fingerprint density at radius 2 is 1.92 bits per heavy atom. The first-order chi connectivity index (χ1) is 12.1. The van der Waals surface area contributed by atoms with Crippen molar-refractivity contribution in [2.45, 2.75) is 19.3 Å². The minimum absolute atomic E-state index is 0.225. The van der Waals surface area contributed by atoms with Gasteiger partial charge in [0.1, 0.15) is 0 Å². The van der Waals surface area contributed by atoms with Crippen LogP contribution in [0.5, 0.6) is 5.88 Å². The lowest BCUT2D eigenvalue weighted by Crippen LogP contribution is -2.24. The van der Waals surface area contributed by atoms with Gasteiger partial charge in [0.05, 0.1) is 0 Å². The molecule has 8 heteroatoms. The van der Waals surface area contributed by atoms with Crippen molar-refractivity contribution >= 4 is 38.9 Å². The van der Waals surface area contributed by atoms with Gasteiger partial charge in [-0.15, -0.1) is 4.73 Å². The Labute approximate surface area is 152 Å². The summed E-state index contributed by atoms with van der Waals surface area (Å²) in [5.74, 6) is -1.03. The summed E-state index contributed by atoms with van der Waals surface area (Å²) < 4.78 is 7.46. The zero-order chi connectivity index (χ0) is 17.4. The van der Waals surface area contributed by atoms with Crippen molar-refractivity contribution in [3.05, 3.63) is 34.5 Å². The SMILES string of the molecule is O=C1/C=C/C(=O)On2c(c(CCN3CCCC3)c3cc(Br)cnc32)O1. The number of carbonyl (C=O) groups excluding carboxylic acids is 2. The number of ether oxygens (including phenoxy) is 1. The fourth-order valence-corrected chi connectivity index (χ4v) is 3.57. The number of esters is 1. The van der Waals surface area contributed by atoms with Crippen LogP contribution in [0.25, 0.3) is 11.0 Å². The van der Waals surface area contributed by atoms with Gasteiger partial charge in [0.15, 0.2) is 5.65 Å². The van der Waals surface area contributed by atoms with Gasteiger partial charge in [-0.05, 0) is 54.3 Å². The standard InChI is InChI=1S/C17H16BrN3O4/c18-11-9-13-12(5-8-20-6-1-2-7-20)17-21(16(13)19-10-11)25-15(23)4-3-14(22)24-17/h3-4,9-10H,1-2,5-8H2/b4-3+. The maximum absolute atomic E-state index is 11.9. The highest BCUT2D eigenvalue weighted by atomic mass is 79.9. The number of hydrogen-bond acceptors (Lipinski definition) is 6. The molecule has 0 radical (unpaired) electrons. The van der Waals surface area contributed by atoms with Crippen LogP contribution in [0.4, 0.5) is 0 Å². The molecule has 1 fully saturated rings. The third kappa shape index (κ3) is 3.19. The van der Waals surface area contributed by atoms with Crippen molar-refractivity contribution in [3.8, 4) is 5.88 Å². The number of rotatable bonds is 3. The first kappa shape index (κ1) is 16.3. The molecule has 0 aromatic carbocycles. The molecular formula is C17H16BrN3O4. The molecule has 0 unspecified atom stereocenters. The number of hydrogen-bond donors (Lipinski definition) is 0. The van der Waals surface area contributed by atoms with E-state index in [9.17, 15) is 9.59 Å². The molecule has 0 spiro atoms. The van der Waals surface area contributed by atoms with Crippen LogP contribution in [-0.4, -0.2) is 46.2 Å². The molecule has 2 aromatic rings. The Bertz CT molecular complexity index is 884. The highest BCUT2D eigenvalue weighted by molar-refractivity contribution is 9.10. The summed E-state index contributed by atoms with van der Waals surface area (Å²) in [6, 6.07) is 1.90. The molecule has 4 heterocycles. The molecule has 0 bridgehead atoms. The van der Waals surface area contributed by atoms with Crippen molar-refractivity contribution in [1.29, 1.82) is 0 Å². The number of fused-ring (bicyclic) bond motifs is 3. The largest absolute Gasteiger partial charge is 0.403 e. The monoisotopic (exact) mass is 405 g/mol. The van der Waals surface area contributed by atoms with Gasteiger partial charge in [0.2, 0.25) is 5.88 Å². The number of aromatic nitrogens is 2. The maximum atomic E-state index is 11.9. The summed E-state index contributed by atoms with van der Waals surface area (Å²) in [6.07, 6.45) is 6.81. The molecule has 2 aliphatic heterocycles. The van der Waals surface area contributed by atoms with E-state index in [-0.39, 0.29) is 5.88 Å². The van der Waals surface area contributed by atoms with E-state index in [1.165, 1.54) is 17.6 Å². The molecule has 25 heavy (non-hydrogen) atoms. The van der Waals surface area contributed by atoms with Crippen molar-refractivity contribution in [2.75, 3.05) is 19.6 Å². The quantitative estimate of drug-likeness (QED) is 0.725. The Morgan fingerprint density at radius 1 is 1.16 bits per heavy atom. The van der Waals surface area contributed by atoms with Gasteiger partial charge in [-0.2, -0.15) is 0 Å². The van der Waals surface area contributed by atoms with Crippen LogP contribution in [-0.2, 0) is 16.0 Å². The molecule has 0 saturated carbocycles. The number of halogens is 1. The first-order valence-corrected chi connectivity index (χ1v) is 8.94. The van der Waals surface area contributed by atoms with Crippen LogP contribution >= 0.6 is 15.9 Å². The lowest BCUT2D eigenvalue weighted by atomic mass is 10.1. The topological polar surface area (TPSA) is 73.7 Å². The number of likely N-dealkylation sites (tertiary alicyclic amines) is 1. The average Bonchev–Trinajstić information content (AvgIpc) is 3.18. The minimum Gasteiger partial charge on any atom is -0.403 e. The molecule has 0 aliphatic carbocycles. The fourth-order valence-electron chi connectivity index (χ4n) is 3.24. The molecule has 4 rings (SSSR count). The van der Waals surface area contributed by atoms with Gasteiger partial charge >= 0.3 is 11.9 Å². The van der Waals surface area contributed by atoms with Gasteiger partial charge in [-0.3, -0.25) is 0 Å².